The molecule has 0 saturated heterocycles. The van der Waals surface area contributed by atoms with E-state index in [9.17, 15) is 4.79 Å². The molecule has 4 nitrogen and oxygen atoms in total. The number of hydrogen-bond acceptors (Lipinski definition) is 3. The first-order valence-electron chi connectivity index (χ1n) is 6.29. The van der Waals surface area contributed by atoms with Gasteiger partial charge in [0.25, 0.3) is 5.91 Å². The zero-order valence-corrected chi connectivity index (χ0v) is 14.0. The molecule has 0 unspecified atom stereocenters. The lowest BCUT2D eigenvalue weighted by molar-refractivity contribution is 0.102. The van der Waals surface area contributed by atoms with E-state index < -0.39 is 0 Å². The van der Waals surface area contributed by atoms with Crippen LogP contribution in [0.15, 0.2) is 42.5 Å². The van der Waals surface area contributed by atoms with E-state index in [0.29, 0.717) is 35.2 Å². The van der Waals surface area contributed by atoms with Gasteiger partial charge in [0.2, 0.25) is 0 Å². The van der Waals surface area contributed by atoms with Crippen LogP contribution in [0.5, 0.6) is 5.75 Å². The SMILES string of the molecule is NCCOc1cccc(NC(=O)c2ccc(I)c(Cl)c2)c1. The number of ether oxygens (including phenoxy) is 1. The van der Waals surface area contributed by atoms with E-state index in [1.807, 2.05) is 12.1 Å². The van der Waals surface area contributed by atoms with Crippen LogP contribution in [0, 0.1) is 3.57 Å². The van der Waals surface area contributed by atoms with Gasteiger partial charge in [-0.15, -0.1) is 0 Å². The van der Waals surface area contributed by atoms with E-state index in [2.05, 4.69) is 27.9 Å². The molecule has 3 N–H and O–H groups in total. The van der Waals surface area contributed by atoms with Crippen molar-refractivity contribution in [2.75, 3.05) is 18.5 Å². The minimum atomic E-state index is -0.218. The van der Waals surface area contributed by atoms with Gasteiger partial charge in [-0.3, -0.25) is 4.79 Å². The third kappa shape index (κ3) is 4.59. The van der Waals surface area contributed by atoms with Crippen LogP contribution in [0.3, 0.4) is 0 Å². The minimum absolute atomic E-state index is 0.218. The lowest BCUT2D eigenvalue weighted by Gasteiger charge is -2.09. The first-order chi connectivity index (χ1) is 10.1. The normalized spacial score (nSPS) is 10.2. The summed E-state index contributed by atoms with van der Waals surface area (Å²) >= 11 is 8.14. The van der Waals surface area contributed by atoms with Crippen molar-refractivity contribution in [2.24, 2.45) is 5.73 Å². The second-order valence-electron chi connectivity index (χ2n) is 4.25. The van der Waals surface area contributed by atoms with Crippen molar-refractivity contribution in [1.82, 2.24) is 0 Å². The van der Waals surface area contributed by atoms with Gasteiger partial charge in [-0.05, 0) is 52.9 Å². The van der Waals surface area contributed by atoms with E-state index in [1.165, 1.54) is 0 Å². The molecule has 21 heavy (non-hydrogen) atoms. The number of amides is 1. The number of anilines is 1. The van der Waals surface area contributed by atoms with Crippen LogP contribution in [-0.4, -0.2) is 19.1 Å². The van der Waals surface area contributed by atoms with E-state index in [4.69, 9.17) is 22.1 Å². The molecule has 0 aromatic heterocycles. The van der Waals surface area contributed by atoms with Crippen LogP contribution in [0.2, 0.25) is 5.02 Å². The number of nitrogens with two attached hydrogens (primary N) is 1. The van der Waals surface area contributed by atoms with Gasteiger partial charge in [-0.25, -0.2) is 0 Å². The average molecular weight is 417 g/mol. The van der Waals surface area contributed by atoms with Crippen LogP contribution in [0.1, 0.15) is 10.4 Å². The third-order valence-electron chi connectivity index (χ3n) is 2.66. The lowest BCUT2D eigenvalue weighted by atomic mass is 10.2. The van der Waals surface area contributed by atoms with Crippen molar-refractivity contribution in [3.05, 3.63) is 56.6 Å². The molecule has 0 bridgehead atoms. The molecular formula is C15H14ClIN2O2. The first-order valence-corrected chi connectivity index (χ1v) is 7.75. The smallest absolute Gasteiger partial charge is 0.255 e. The summed E-state index contributed by atoms with van der Waals surface area (Å²) in [6.07, 6.45) is 0. The summed E-state index contributed by atoms with van der Waals surface area (Å²) in [6, 6.07) is 12.3. The molecule has 0 aliphatic carbocycles. The highest BCUT2D eigenvalue weighted by Gasteiger charge is 2.08. The van der Waals surface area contributed by atoms with Crippen LogP contribution in [0.25, 0.3) is 0 Å². The molecule has 1 amide bonds. The van der Waals surface area contributed by atoms with E-state index in [-0.39, 0.29) is 5.91 Å². The molecule has 0 spiro atoms. The van der Waals surface area contributed by atoms with Gasteiger partial charge in [0.05, 0.1) is 5.02 Å². The predicted octanol–water partition coefficient (Wildman–Crippen LogP) is 3.53. The third-order valence-corrected chi connectivity index (χ3v) is 4.23. The molecule has 0 atom stereocenters. The van der Waals surface area contributed by atoms with Gasteiger partial charge in [0.15, 0.2) is 0 Å². The Morgan fingerprint density at radius 2 is 2.10 bits per heavy atom. The quantitative estimate of drug-likeness (QED) is 0.733. The Morgan fingerprint density at radius 1 is 1.29 bits per heavy atom. The number of benzene rings is 2. The average Bonchev–Trinajstić information content (AvgIpc) is 2.48. The predicted molar refractivity (Wildman–Crippen MR) is 93.1 cm³/mol. The molecule has 2 aromatic rings. The van der Waals surface area contributed by atoms with Crippen LogP contribution in [-0.2, 0) is 0 Å². The second-order valence-corrected chi connectivity index (χ2v) is 5.82. The van der Waals surface area contributed by atoms with Crippen LogP contribution < -0.4 is 15.8 Å². The fourth-order valence-corrected chi connectivity index (χ4v) is 2.20. The standard InChI is InChI=1S/C15H14ClIN2O2/c16-13-8-10(4-5-14(13)17)15(20)19-11-2-1-3-12(9-11)21-7-6-18/h1-5,8-9H,6-7,18H2,(H,19,20). The maximum Gasteiger partial charge on any atom is 0.255 e. The Labute approximate surface area is 141 Å². The molecule has 0 aliphatic rings. The van der Waals surface area contributed by atoms with Crippen molar-refractivity contribution in [1.29, 1.82) is 0 Å². The van der Waals surface area contributed by atoms with Crippen LogP contribution in [0.4, 0.5) is 5.69 Å². The van der Waals surface area contributed by atoms with Crippen molar-refractivity contribution >= 4 is 45.8 Å². The van der Waals surface area contributed by atoms with Gasteiger partial charge < -0.3 is 15.8 Å². The number of halogens is 2. The van der Waals surface area contributed by atoms with E-state index in [0.717, 1.165) is 3.57 Å². The Bertz CT molecular complexity index is 649. The Hall–Kier alpha value is -1.31. The summed E-state index contributed by atoms with van der Waals surface area (Å²) in [6.45, 7) is 0.877. The van der Waals surface area contributed by atoms with Crippen molar-refractivity contribution in [2.45, 2.75) is 0 Å². The highest BCUT2D eigenvalue weighted by atomic mass is 127. The number of nitrogens with one attached hydrogen (secondary N) is 1. The number of carbonyl (C=O) groups excluding carboxylic acids is 1. The molecule has 2 rings (SSSR count). The largest absolute Gasteiger partial charge is 0.492 e. The zero-order valence-electron chi connectivity index (χ0n) is 11.1. The van der Waals surface area contributed by atoms with E-state index in [1.54, 1.807) is 30.3 Å². The molecular weight excluding hydrogens is 403 g/mol. The summed E-state index contributed by atoms with van der Waals surface area (Å²) in [4.78, 5) is 12.2. The molecule has 0 aliphatic heterocycles. The van der Waals surface area contributed by atoms with Gasteiger partial charge in [-0.2, -0.15) is 0 Å². The monoisotopic (exact) mass is 416 g/mol. The van der Waals surface area contributed by atoms with Gasteiger partial charge in [0, 0.05) is 27.4 Å². The summed E-state index contributed by atoms with van der Waals surface area (Å²) in [7, 11) is 0. The van der Waals surface area contributed by atoms with Gasteiger partial charge >= 0.3 is 0 Å². The van der Waals surface area contributed by atoms with Gasteiger partial charge in [0.1, 0.15) is 12.4 Å². The minimum Gasteiger partial charge on any atom is -0.492 e. The van der Waals surface area contributed by atoms with Crippen molar-refractivity contribution in [3.63, 3.8) is 0 Å². The fourth-order valence-electron chi connectivity index (χ4n) is 1.68. The highest BCUT2D eigenvalue weighted by Crippen LogP contribution is 2.21. The summed E-state index contributed by atoms with van der Waals surface area (Å²) in [5, 5.41) is 3.37. The summed E-state index contributed by atoms with van der Waals surface area (Å²) in [5.74, 6) is 0.447. The fraction of sp³-hybridized carbons (Fsp3) is 0.133. The van der Waals surface area contributed by atoms with Gasteiger partial charge in [-0.1, -0.05) is 17.7 Å². The molecule has 2 aromatic carbocycles. The number of rotatable bonds is 5. The Balaban J connectivity index is 2.10. The zero-order chi connectivity index (χ0) is 15.2. The number of carbonyl (C=O) groups is 1. The van der Waals surface area contributed by atoms with Crippen LogP contribution >= 0.6 is 34.2 Å². The lowest BCUT2D eigenvalue weighted by Crippen LogP contribution is -2.13. The molecule has 110 valence electrons. The van der Waals surface area contributed by atoms with Crippen molar-refractivity contribution in [3.8, 4) is 5.75 Å². The Kier molecular flexibility index (Phi) is 5.84. The first kappa shape index (κ1) is 16.1. The highest BCUT2D eigenvalue weighted by molar-refractivity contribution is 14.1. The second kappa shape index (κ2) is 7.63. The number of hydrogen-bond donors (Lipinski definition) is 2. The molecule has 0 radical (unpaired) electrons. The molecule has 0 fully saturated rings. The molecule has 0 heterocycles. The maximum absolute atomic E-state index is 12.2. The molecule has 0 saturated carbocycles. The maximum atomic E-state index is 12.2. The van der Waals surface area contributed by atoms with E-state index >= 15 is 0 Å². The van der Waals surface area contributed by atoms with Crippen molar-refractivity contribution < 1.29 is 9.53 Å². The molecule has 6 heteroatoms. The summed E-state index contributed by atoms with van der Waals surface area (Å²) in [5.41, 5.74) is 6.55. The Morgan fingerprint density at radius 3 is 2.81 bits per heavy atom. The summed E-state index contributed by atoms with van der Waals surface area (Å²) < 4.78 is 6.33. The topological polar surface area (TPSA) is 64.3 Å².